The number of carbonyl (C=O) groups excluding carboxylic acids is 1. The fourth-order valence-corrected chi connectivity index (χ4v) is 2.28. The van der Waals surface area contributed by atoms with Gasteiger partial charge in [-0.2, -0.15) is 0 Å². The minimum Gasteiger partial charge on any atom is -0.409 e. The maximum Gasteiger partial charge on any atom is 0.253 e. The molecule has 1 saturated heterocycles. The third-order valence-electron chi connectivity index (χ3n) is 3.15. The zero-order valence-electron chi connectivity index (χ0n) is 11.0. The van der Waals surface area contributed by atoms with E-state index in [-0.39, 0.29) is 17.8 Å². The van der Waals surface area contributed by atoms with Gasteiger partial charge >= 0.3 is 0 Å². The number of hydrogen-bond donors (Lipinski definition) is 3. The lowest BCUT2D eigenvalue weighted by atomic mass is 10.1. The number of benzene rings is 1. The molecule has 0 saturated carbocycles. The van der Waals surface area contributed by atoms with Crippen LogP contribution in [0.3, 0.4) is 0 Å². The summed E-state index contributed by atoms with van der Waals surface area (Å²) in [6.45, 7) is 1.93. The van der Waals surface area contributed by atoms with E-state index in [0.29, 0.717) is 22.7 Å². The molecular weight excluding hydrogens is 282 g/mol. The predicted octanol–water partition coefficient (Wildman–Crippen LogP) is 1.94. The molecule has 0 radical (unpaired) electrons. The van der Waals surface area contributed by atoms with Crippen LogP contribution in [0.5, 0.6) is 0 Å². The molecule has 1 aliphatic heterocycles. The lowest BCUT2D eigenvalue weighted by Crippen LogP contribution is -2.29. The lowest BCUT2D eigenvalue weighted by Gasteiger charge is -2.14. The zero-order chi connectivity index (χ0) is 14.7. The first-order chi connectivity index (χ1) is 9.51. The monoisotopic (exact) mass is 297 g/mol. The van der Waals surface area contributed by atoms with E-state index in [9.17, 15) is 4.79 Å². The number of halogens is 1. The molecule has 1 heterocycles. The third kappa shape index (κ3) is 3.20. The second kappa shape index (κ2) is 6.11. The van der Waals surface area contributed by atoms with E-state index in [1.165, 1.54) is 0 Å². The number of hydrogen-bond acceptors (Lipinski definition) is 4. The number of ether oxygens (including phenoxy) is 1. The Balaban J connectivity index is 2.20. The van der Waals surface area contributed by atoms with Crippen LogP contribution in [0.4, 0.5) is 5.69 Å². The summed E-state index contributed by atoms with van der Waals surface area (Å²) in [5, 5.41) is 14.8. The first kappa shape index (κ1) is 14.6. The van der Waals surface area contributed by atoms with Gasteiger partial charge in [-0.05, 0) is 38.0 Å². The van der Waals surface area contributed by atoms with Crippen molar-refractivity contribution in [3.05, 3.63) is 28.8 Å². The Hall–Kier alpha value is -1.79. The van der Waals surface area contributed by atoms with Gasteiger partial charge in [0.2, 0.25) is 0 Å². The normalized spacial score (nSPS) is 22.8. The summed E-state index contributed by atoms with van der Waals surface area (Å²) in [6, 6.07) is 4.72. The predicted molar refractivity (Wildman–Crippen MR) is 76.2 cm³/mol. The number of rotatable bonds is 3. The first-order valence-corrected chi connectivity index (χ1v) is 6.63. The highest BCUT2D eigenvalue weighted by molar-refractivity contribution is 6.31. The van der Waals surface area contributed by atoms with Gasteiger partial charge in [0.1, 0.15) is 6.10 Å². The number of oxime groups is 1. The van der Waals surface area contributed by atoms with Crippen molar-refractivity contribution < 1.29 is 14.7 Å². The lowest BCUT2D eigenvalue weighted by molar-refractivity contribution is -0.126. The summed E-state index contributed by atoms with van der Waals surface area (Å²) in [7, 11) is 0. The van der Waals surface area contributed by atoms with Crippen molar-refractivity contribution in [2.45, 2.75) is 32.0 Å². The van der Waals surface area contributed by atoms with E-state index in [1.807, 2.05) is 6.92 Å². The fourth-order valence-electron chi connectivity index (χ4n) is 2.11. The maximum atomic E-state index is 12.1. The van der Waals surface area contributed by atoms with Gasteiger partial charge in [0.05, 0.1) is 11.8 Å². The van der Waals surface area contributed by atoms with E-state index < -0.39 is 6.10 Å². The third-order valence-corrected chi connectivity index (χ3v) is 3.38. The van der Waals surface area contributed by atoms with Crippen LogP contribution < -0.4 is 11.1 Å². The van der Waals surface area contributed by atoms with Crippen LogP contribution >= 0.6 is 11.6 Å². The van der Waals surface area contributed by atoms with Gasteiger partial charge < -0.3 is 21.0 Å². The molecule has 0 spiro atoms. The Labute approximate surface area is 121 Å². The number of amides is 1. The maximum absolute atomic E-state index is 12.1. The number of carbonyl (C=O) groups is 1. The molecule has 6 nitrogen and oxygen atoms in total. The van der Waals surface area contributed by atoms with Crippen molar-refractivity contribution in [2.24, 2.45) is 10.9 Å². The molecule has 4 N–H and O–H groups in total. The summed E-state index contributed by atoms with van der Waals surface area (Å²) in [6.07, 6.45) is 1.12. The van der Waals surface area contributed by atoms with Crippen LogP contribution in [0.2, 0.25) is 5.02 Å². The van der Waals surface area contributed by atoms with Crippen LogP contribution in [-0.4, -0.2) is 29.2 Å². The molecule has 108 valence electrons. The highest BCUT2D eigenvalue weighted by Gasteiger charge is 2.28. The molecule has 0 bridgehead atoms. The van der Waals surface area contributed by atoms with Crippen LogP contribution in [0, 0.1) is 0 Å². The van der Waals surface area contributed by atoms with Gasteiger partial charge in [-0.3, -0.25) is 4.79 Å². The number of nitrogens with one attached hydrogen (secondary N) is 1. The summed E-state index contributed by atoms with van der Waals surface area (Å²) >= 11 is 5.91. The second-order valence-electron chi connectivity index (χ2n) is 4.68. The Morgan fingerprint density at radius 1 is 1.55 bits per heavy atom. The molecule has 1 aromatic rings. The zero-order valence-corrected chi connectivity index (χ0v) is 11.7. The van der Waals surface area contributed by atoms with Crippen molar-refractivity contribution in [2.75, 3.05) is 5.32 Å². The second-order valence-corrected chi connectivity index (χ2v) is 5.11. The van der Waals surface area contributed by atoms with Gasteiger partial charge in [0, 0.05) is 10.6 Å². The Morgan fingerprint density at radius 3 is 2.90 bits per heavy atom. The summed E-state index contributed by atoms with van der Waals surface area (Å²) in [5.74, 6) is -0.360. The molecule has 1 aromatic carbocycles. The molecule has 1 fully saturated rings. The van der Waals surface area contributed by atoms with Crippen molar-refractivity contribution >= 4 is 29.0 Å². The van der Waals surface area contributed by atoms with Gasteiger partial charge in [-0.1, -0.05) is 16.8 Å². The average Bonchev–Trinajstić information content (AvgIpc) is 2.85. The molecule has 2 atom stereocenters. The number of amidine groups is 1. The van der Waals surface area contributed by atoms with Crippen molar-refractivity contribution in [1.29, 1.82) is 0 Å². The van der Waals surface area contributed by atoms with E-state index in [2.05, 4.69) is 10.5 Å². The Kier molecular flexibility index (Phi) is 4.46. The molecule has 20 heavy (non-hydrogen) atoms. The van der Waals surface area contributed by atoms with Crippen molar-refractivity contribution in [3.8, 4) is 0 Å². The van der Waals surface area contributed by atoms with Gasteiger partial charge in [0.15, 0.2) is 5.84 Å². The topological polar surface area (TPSA) is 96.9 Å². The molecule has 0 aliphatic carbocycles. The summed E-state index contributed by atoms with van der Waals surface area (Å²) in [5.41, 5.74) is 6.36. The smallest absolute Gasteiger partial charge is 0.253 e. The van der Waals surface area contributed by atoms with Crippen molar-refractivity contribution in [3.63, 3.8) is 0 Å². The SMILES string of the molecule is CC1CCC(C(=O)Nc2cc(Cl)ccc2/C(N)=N/O)O1. The number of anilines is 1. The van der Waals surface area contributed by atoms with E-state index >= 15 is 0 Å². The van der Waals surface area contributed by atoms with Gasteiger partial charge in [-0.15, -0.1) is 0 Å². The standard InChI is InChI=1S/C13H16ClN3O3/c1-7-2-5-11(20-7)13(18)16-10-6-8(14)3-4-9(10)12(15)17-19/h3-4,6-7,11,19H,2,5H2,1H3,(H2,15,17)(H,16,18). The van der Waals surface area contributed by atoms with Crippen molar-refractivity contribution in [1.82, 2.24) is 0 Å². The Bertz CT molecular complexity index is 548. The molecule has 2 rings (SSSR count). The van der Waals surface area contributed by atoms with Gasteiger partial charge in [-0.25, -0.2) is 0 Å². The van der Waals surface area contributed by atoms with Gasteiger partial charge in [0.25, 0.3) is 5.91 Å². The number of nitrogens with two attached hydrogens (primary N) is 1. The minimum absolute atomic E-state index is 0.0775. The molecule has 0 aromatic heterocycles. The highest BCUT2D eigenvalue weighted by atomic mass is 35.5. The van der Waals surface area contributed by atoms with Crippen LogP contribution in [-0.2, 0) is 9.53 Å². The quantitative estimate of drug-likeness (QED) is 0.344. The van der Waals surface area contributed by atoms with E-state index in [4.69, 9.17) is 27.3 Å². The van der Waals surface area contributed by atoms with Crippen LogP contribution in [0.1, 0.15) is 25.3 Å². The summed E-state index contributed by atoms with van der Waals surface area (Å²) < 4.78 is 5.50. The first-order valence-electron chi connectivity index (χ1n) is 6.25. The summed E-state index contributed by atoms with van der Waals surface area (Å²) in [4.78, 5) is 12.1. The van der Waals surface area contributed by atoms with E-state index in [1.54, 1.807) is 18.2 Å². The average molecular weight is 298 g/mol. The fraction of sp³-hybridized carbons (Fsp3) is 0.385. The molecule has 1 amide bonds. The molecule has 1 aliphatic rings. The van der Waals surface area contributed by atoms with Crippen LogP contribution in [0.15, 0.2) is 23.4 Å². The van der Waals surface area contributed by atoms with Crippen LogP contribution in [0.25, 0.3) is 0 Å². The Morgan fingerprint density at radius 2 is 2.30 bits per heavy atom. The number of nitrogens with zero attached hydrogens (tertiary/aromatic N) is 1. The minimum atomic E-state index is -0.482. The molecular formula is C13H16ClN3O3. The molecule has 7 heteroatoms. The molecule has 2 unspecified atom stereocenters. The highest BCUT2D eigenvalue weighted by Crippen LogP contribution is 2.24. The largest absolute Gasteiger partial charge is 0.409 e. The van der Waals surface area contributed by atoms with E-state index in [0.717, 1.165) is 6.42 Å².